The highest BCUT2D eigenvalue weighted by Gasteiger charge is 2.38. The molecular formula is C15H23NO. The van der Waals surface area contributed by atoms with Crippen LogP contribution in [0.2, 0.25) is 0 Å². The normalized spacial score (nSPS) is 28.2. The number of rotatable bonds is 5. The van der Waals surface area contributed by atoms with E-state index in [-0.39, 0.29) is 0 Å². The highest BCUT2D eigenvalue weighted by atomic mass is 16.5. The molecule has 0 spiro atoms. The van der Waals surface area contributed by atoms with Crippen molar-refractivity contribution in [3.63, 3.8) is 0 Å². The van der Waals surface area contributed by atoms with Crippen molar-refractivity contribution in [3.05, 3.63) is 24.4 Å². The second-order valence-electron chi connectivity index (χ2n) is 5.47. The number of ether oxygens (including phenoxy) is 1. The Morgan fingerprint density at radius 3 is 3.06 bits per heavy atom. The molecule has 1 aromatic heterocycles. The summed E-state index contributed by atoms with van der Waals surface area (Å²) in [5.74, 6) is 1.46. The third kappa shape index (κ3) is 2.99. The summed E-state index contributed by atoms with van der Waals surface area (Å²) in [5, 5.41) is 0. The molecule has 1 aliphatic carbocycles. The molecule has 0 bridgehead atoms. The molecule has 0 aliphatic heterocycles. The van der Waals surface area contributed by atoms with Crippen molar-refractivity contribution in [1.82, 2.24) is 4.98 Å². The van der Waals surface area contributed by atoms with Crippen LogP contribution in [-0.2, 0) is 0 Å². The van der Waals surface area contributed by atoms with E-state index in [2.05, 4.69) is 18.8 Å². The van der Waals surface area contributed by atoms with E-state index in [1.54, 1.807) is 6.20 Å². The maximum Gasteiger partial charge on any atom is 0.213 e. The van der Waals surface area contributed by atoms with Crippen LogP contribution in [0.1, 0.15) is 46.0 Å². The second kappa shape index (κ2) is 5.52. The molecule has 1 saturated carbocycles. The van der Waals surface area contributed by atoms with Gasteiger partial charge in [0.1, 0.15) is 0 Å². The maximum atomic E-state index is 5.82. The lowest BCUT2D eigenvalue weighted by Crippen LogP contribution is -2.26. The van der Waals surface area contributed by atoms with Crippen LogP contribution < -0.4 is 4.74 Å². The molecule has 1 aliphatic rings. The Morgan fingerprint density at radius 1 is 1.47 bits per heavy atom. The zero-order valence-electron chi connectivity index (χ0n) is 11.0. The predicted molar refractivity (Wildman–Crippen MR) is 70.1 cm³/mol. The second-order valence-corrected chi connectivity index (χ2v) is 5.47. The van der Waals surface area contributed by atoms with Gasteiger partial charge in [-0.3, -0.25) is 0 Å². The summed E-state index contributed by atoms with van der Waals surface area (Å²) >= 11 is 0. The van der Waals surface area contributed by atoms with Crippen molar-refractivity contribution >= 4 is 0 Å². The van der Waals surface area contributed by atoms with Crippen LogP contribution in [-0.4, -0.2) is 11.6 Å². The molecule has 17 heavy (non-hydrogen) atoms. The highest BCUT2D eigenvalue weighted by molar-refractivity contribution is 5.09. The summed E-state index contributed by atoms with van der Waals surface area (Å²) in [7, 11) is 0. The van der Waals surface area contributed by atoms with Crippen LogP contribution in [0.15, 0.2) is 24.4 Å². The van der Waals surface area contributed by atoms with Gasteiger partial charge in [0.15, 0.2) is 0 Å². The number of hydrogen-bond donors (Lipinski definition) is 0. The summed E-state index contributed by atoms with van der Waals surface area (Å²) in [6, 6.07) is 5.83. The van der Waals surface area contributed by atoms with Crippen molar-refractivity contribution in [2.45, 2.75) is 46.0 Å². The van der Waals surface area contributed by atoms with Gasteiger partial charge in [-0.05, 0) is 36.7 Å². The van der Waals surface area contributed by atoms with Gasteiger partial charge in [-0.1, -0.05) is 32.8 Å². The first-order valence-electron chi connectivity index (χ1n) is 6.78. The van der Waals surface area contributed by atoms with E-state index in [0.717, 1.165) is 12.5 Å². The molecule has 1 heterocycles. The number of nitrogens with zero attached hydrogens (tertiary/aromatic N) is 1. The van der Waals surface area contributed by atoms with Gasteiger partial charge in [0.25, 0.3) is 0 Å². The third-order valence-electron chi connectivity index (χ3n) is 4.18. The van der Waals surface area contributed by atoms with Gasteiger partial charge in [-0.2, -0.15) is 0 Å². The summed E-state index contributed by atoms with van der Waals surface area (Å²) in [5.41, 5.74) is 0.490. The van der Waals surface area contributed by atoms with Crippen molar-refractivity contribution in [2.75, 3.05) is 6.61 Å². The van der Waals surface area contributed by atoms with Crippen LogP contribution in [0.3, 0.4) is 0 Å². The van der Waals surface area contributed by atoms with Gasteiger partial charge < -0.3 is 4.74 Å². The SMILES string of the molecule is CCC[C@]1(C)CCC[C@@H]1COc1ccccn1. The molecule has 0 saturated heterocycles. The van der Waals surface area contributed by atoms with Crippen molar-refractivity contribution < 1.29 is 4.74 Å². The predicted octanol–water partition coefficient (Wildman–Crippen LogP) is 4.07. The van der Waals surface area contributed by atoms with Gasteiger partial charge in [0, 0.05) is 12.3 Å². The molecule has 0 unspecified atom stereocenters. The summed E-state index contributed by atoms with van der Waals surface area (Å²) in [4.78, 5) is 4.21. The topological polar surface area (TPSA) is 22.1 Å². The van der Waals surface area contributed by atoms with Crippen LogP contribution >= 0.6 is 0 Å². The molecule has 2 atom stereocenters. The Hall–Kier alpha value is -1.05. The minimum absolute atomic E-state index is 0.490. The summed E-state index contributed by atoms with van der Waals surface area (Å²) < 4.78 is 5.82. The van der Waals surface area contributed by atoms with Gasteiger partial charge >= 0.3 is 0 Å². The van der Waals surface area contributed by atoms with Gasteiger partial charge in [-0.15, -0.1) is 0 Å². The molecule has 0 aromatic carbocycles. The first-order chi connectivity index (χ1) is 8.24. The Labute approximate surface area is 104 Å². The molecule has 0 amide bonds. The molecule has 2 heteroatoms. The lowest BCUT2D eigenvalue weighted by atomic mass is 9.76. The van der Waals surface area contributed by atoms with Crippen molar-refractivity contribution in [3.8, 4) is 5.88 Å². The first-order valence-corrected chi connectivity index (χ1v) is 6.78. The number of aromatic nitrogens is 1. The number of hydrogen-bond acceptors (Lipinski definition) is 2. The van der Waals surface area contributed by atoms with E-state index in [1.165, 1.54) is 32.1 Å². The average Bonchev–Trinajstić information content (AvgIpc) is 2.70. The summed E-state index contributed by atoms with van der Waals surface area (Å²) in [6.07, 6.45) is 8.40. The van der Waals surface area contributed by atoms with E-state index in [9.17, 15) is 0 Å². The van der Waals surface area contributed by atoms with E-state index >= 15 is 0 Å². The fourth-order valence-electron chi connectivity index (χ4n) is 3.11. The monoisotopic (exact) mass is 233 g/mol. The lowest BCUT2D eigenvalue weighted by Gasteiger charge is -2.31. The Balaban J connectivity index is 1.90. The molecule has 0 N–H and O–H groups in total. The van der Waals surface area contributed by atoms with E-state index in [0.29, 0.717) is 11.3 Å². The van der Waals surface area contributed by atoms with E-state index in [4.69, 9.17) is 4.74 Å². The quantitative estimate of drug-likeness (QED) is 0.765. The standard InChI is InChI=1S/C15H23NO/c1-3-9-15(2)10-6-7-13(15)12-17-14-8-4-5-11-16-14/h4-5,8,11,13H,3,6-7,9-10,12H2,1-2H3/t13-,15-/m1/s1. The Bertz CT molecular complexity index is 338. The van der Waals surface area contributed by atoms with Gasteiger partial charge in [-0.25, -0.2) is 4.98 Å². The van der Waals surface area contributed by atoms with Crippen LogP contribution in [0.4, 0.5) is 0 Å². The van der Waals surface area contributed by atoms with Crippen molar-refractivity contribution in [1.29, 1.82) is 0 Å². The largest absolute Gasteiger partial charge is 0.477 e. The fourth-order valence-corrected chi connectivity index (χ4v) is 3.11. The number of pyridine rings is 1. The van der Waals surface area contributed by atoms with E-state index < -0.39 is 0 Å². The Kier molecular flexibility index (Phi) is 4.03. The van der Waals surface area contributed by atoms with Crippen LogP contribution in [0.5, 0.6) is 5.88 Å². The van der Waals surface area contributed by atoms with Gasteiger partial charge in [0.05, 0.1) is 6.61 Å². The molecule has 1 fully saturated rings. The molecular weight excluding hydrogens is 210 g/mol. The Morgan fingerprint density at radius 2 is 2.35 bits per heavy atom. The minimum atomic E-state index is 0.490. The minimum Gasteiger partial charge on any atom is -0.477 e. The molecule has 1 aromatic rings. The molecule has 2 rings (SSSR count). The lowest BCUT2D eigenvalue weighted by molar-refractivity contribution is 0.132. The summed E-state index contributed by atoms with van der Waals surface area (Å²) in [6.45, 7) is 5.53. The fraction of sp³-hybridized carbons (Fsp3) is 0.667. The smallest absolute Gasteiger partial charge is 0.213 e. The van der Waals surface area contributed by atoms with E-state index in [1.807, 2.05) is 18.2 Å². The highest BCUT2D eigenvalue weighted by Crippen LogP contribution is 2.46. The average molecular weight is 233 g/mol. The zero-order chi connectivity index (χ0) is 12.1. The molecule has 94 valence electrons. The first kappa shape index (κ1) is 12.4. The van der Waals surface area contributed by atoms with Crippen LogP contribution in [0.25, 0.3) is 0 Å². The van der Waals surface area contributed by atoms with Gasteiger partial charge in [0.2, 0.25) is 5.88 Å². The van der Waals surface area contributed by atoms with Crippen LogP contribution in [0, 0.1) is 11.3 Å². The third-order valence-corrected chi connectivity index (χ3v) is 4.18. The van der Waals surface area contributed by atoms with Crippen molar-refractivity contribution in [2.24, 2.45) is 11.3 Å². The molecule has 2 nitrogen and oxygen atoms in total. The zero-order valence-corrected chi connectivity index (χ0v) is 11.0. The maximum absolute atomic E-state index is 5.82. The molecule has 0 radical (unpaired) electrons.